The molecule has 1 fully saturated rings. The minimum Gasteiger partial charge on any atom is -0.384 e. The van der Waals surface area contributed by atoms with Gasteiger partial charge in [-0.25, -0.2) is 0 Å². The highest BCUT2D eigenvalue weighted by Crippen LogP contribution is 2.18. The molecule has 0 spiro atoms. The van der Waals surface area contributed by atoms with Gasteiger partial charge in [-0.05, 0) is 18.2 Å². The third kappa shape index (κ3) is 3.29. The Bertz CT molecular complexity index is 604. The number of hydrogen-bond donors (Lipinski definition) is 2. The summed E-state index contributed by atoms with van der Waals surface area (Å²) in [5.74, 6) is 4.79. The molecule has 20 heavy (non-hydrogen) atoms. The van der Waals surface area contributed by atoms with Crippen molar-refractivity contribution in [2.75, 3.05) is 26.2 Å². The highest BCUT2D eigenvalue weighted by molar-refractivity contribution is 6.32. The average molecular weight is 293 g/mol. The minimum absolute atomic E-state index is 0.0581. The SMILES string of the molecule is O=C1CN(C(=O)c2ccc(C#CCO)c(Cl)c2)CCN1. The zero-order valence-corrected chi connectivity index (χ0v) is 11.4. The van der Waals surface area contributed by atoms with Crippen LogP contribution in [0.2, 0.25) is 5.02 Å². The molecule has 1 saturated heterocycles. The molecule has 0 radical (unpaired) electrons. The summed E-state index contributed by atoms with van der Waals surface area (Å²) in [5, 5.41) is 11.6. The first kappa shape index (κ1) is 14.4. The number of rotatable bonds is 1. The molecule has 0 unspecified atom stereocenters. The van der Waals surface area contributed by atoms with E-state index in [0.29, 0.717) is 29.2 Å². The molecule has 6 heteroatoms. The number of piperazine rings is 1. The van der Waals surface area contributed by atoms with Crippen LogP contribution in [0.4, 0.5) is 0 Å². The number of carbonyl (C=O) groups excluding carboxylic acids is 2. The second kappa shape index (κ2) is 6.42. The van der Waals surface area contributed by atoms with Crippen molar-refractivity contribution >= 4 is 23.4 Å². The van der Waals surface area contributed by atoms with Gasteiger partial charge in [0.25, 0.3) is 5.91 Å². The van der Waals surface area contributed by atoms with Crippen molar-refractivity contribution in [3.63, 3.8) is 0 Å². The third-order valence-corrected chi connectivity index (χ3v) is 3.16. The van der Waals surface area contributed by atoms with Gasteiger partial charge in [0.15, 0.2) is 0 Å². The number of amides is 2. The molecular weight excluding hydrogens is 280 g/mol. The van der Waals surface area contributed by atoms with Gasteiger partial charge in [0.2, 0.25) is 5.91 Å². The molecule has 0 aliphatic carbocycles. The maximum Gasteiger partial charge on any atom is 0.254 e. The predicted octanol–water partition coefficient (Wildman–Crippen LogP) is 0.256. The van der Waals surface area contributed by atoms with Crippen LogP contribution in [0.1, 0.15) is 15.9 Å². The second-order valence-corrected chi connectivity index (χ2v) is 4.64. The molecule has 1 aliphatic heterocycles. The highest BCUT2D eigenvalue weighted by atomic mass is 35.5. The van der Waals surface area contributed by atoms with E-state index < -0.39 is 0 Å². The molecule has 104 valence electrons. The van der Waals surface area contributed by atoms with Crippen LogP contribution in [0.15, 0.2) is 18.2 Å². The Morgan fingerprint density at radius 2 is 2.30 bits per heavy atom. The molecule has 0 aromatic heterocycles. The Labute approximate surface area is 121 Å². The fraction of sp³-hybridized carbons (Fsp3) is 0.286. The predicted molar refractivity (Wildman–Crippen MR) is 74.3 cm³/mol. The van der Waals surface area contributed by atoms with E-state index in [0.717, 1.165) is 0 Å². The highest BCUT2D eigenvalue weighted by Gasteiger charge is 2.22. The van der Waals surface area contributed by atoms with Crippen LogP contribution >= 0.6 is 11.6 Å². The van der Waals surface area contributed by atoms with Crippen LogP contribution in [-0.2, 0) is 4.79 Å². The Hall–Kier alpha value is -2.03. The summed E-state index contributed by atoms with van der Waals surface area (Å²) in [7, 11) is 0. The van der Waals surface area contributed by atoms with Crippen molar-refractivity contribution in [1.29, 1.82) is 0 Å². The lowest BCUT2D eigenvalue weighted by Gasteiger charge is -2.26. The van der Waals surface area contributed by atoms with Crippen molar-refractivity contribution in [3.05, 3.63) is 34.3 Å². The first-order chi connectivity index (χ1) is 9.61. The topological polar surface area (TPSA) is 69.6 Å². The monoisotopic (exact) mass is 292 g/mol. The van der Waals surface area contributed by atoms with Gasteiger partial charge in [-0.2, -0.15) is 0 Å². The molecule has 2 N–H and O–H groups in total. The van der Waals surface area contributed by atoms with Crippen LogP contribution in [0.25, 0.3) is 0 Å². The molecule has 1 aliphatic rings. The second-order valence-electron chi connectivity index (χ2n) is 4.23. The van der Waals surface area contributed by atoms with Gasteiger partial charge in [0.05, 0.1) is 11.6 Å². The molecule has 0 bridgehead atoms. The minimum atomic E-state index is -0.250. The van der Waals surface area contributed by atoms with Crippen LogP contribution in [0.3, 0.4) is 0 Å². The van der Waals surface area contributed by atoms with Crippen LogP contribution in [-0.4, -0.2) is 48.1 Å². The Morgan fingerprint density at radius 3 is 2.95 bits per heavy atom. The number of nitrogens with one attached hydrogen (secondary N) is 1. The number of aliphatic hydroxyl groups excluding tert-OH is 1. The van der Waals surface area contributed by atoms with E-state index in [9.17, 15) is 9.59 Å². The molecule has 5 nitrogen and oxygen atoms in total. The first-order valence-electron chi connectivity index (χ1n) is 6.07. The summed E-state index contributed by atoms with van der Waals surface area (Å²) in [6.07, 6.45) is 0. The number of aliphatic hydroxyl groups is 1. The van der Waals surface area contributed by atoms with E-state index in [4.69, 9.17) is 16.7 Å². The fourth-order valence-electron chi connectivity index (χ4n) is 1.88. The first-order valence-corrected chi connectivity index (χ1v) is 6.45. The number of nitrogens with zero attached hydrogens (tertiary/aromatic N) is 1. The van der Waals surface area contributed by atoms with E-state index in [-0.39, 0.29) is 25.0 Å². The zero-order valence-electron chi connectivity index (χ0n) is 10.6. The normalized spacial score (nSPS) is 14.3. The van der Waals surface area contributed by atoms with Crippen molar-refractivity contribution in [1.82, 2.24) is 10.2 Å². The van der Waals surface area contributed by atoms with Gasteiger partial charge in [-0.3, -0.25) is 9.59 Å². The number of halogens is 1. The van der Waals surface area contributed by atoms with Crippen LogP contribution in [0, 0.1) is 11.8 Å². The molecule has 1 aromatic carbocycles. The van der Waals surface area contributed by atoms with E-state index in [2.05, 4.69) is 17.2 Å². The van der Waals surface area contributed by atoms with Gasteiger partial charge < -0.3 is 15.3 Å². The lowest BCUT2D eigenvalue weighted by Crippen LogP contribution is -2.49. The Balaban J connectivity index is 2.18. The summed E-state index contributed by atoms with van der Waals surface area (Å²) in [4.78, 5) is 25.0. The molecule has 1 heterocycles. The quantitative estimate of drug-likeness (QED) is 0.729. The maximum atomic E-state index is 12.2. The summed E-state index contributed by atoms with van der Waals surface area (Å²) in [6, 6.07) is 4.77. The summed E-state index contributed by atoms with van der Waals surface area (Å²) < 4.78 is 0. The number of hydrogen-bond acceptors (Lipinski definition) is 3. The van der Waals surface area contributed by atoms with Crippen LogP contribution < -0.4 is 5.32 Å². The van der Waals surface area contributed by atoms with Gasteiger partial charge in [-0.1, -0.05) is 23.4 Å². The van der Waals surface area contributed by atoms with Crippen molar-refractivity contribution in [2.24, 2.45) is 0 Å². The third-order valence-electron chi connectivity index (χ3n) is 2.84. The Kier molecular flexibility index (Phi) is 4.61. The lowest BCUT2D eigenvalue weighted by molar-refractivity contribution is -0.123. The molecule has 2 rings (SSSR count). The smallest absolute Gasteiger partial charge is 0.254 e. The molecule has 0 atom stereocenters. The molecule has 1 aromatic rings. The van der Waals surface area contributed by atoms with Crippen molar-refractivity contribution < 1.29 is 14.7 Å². The summed E-state index contributed by atoms with van der Waals surface area (Å²) in [5.41, 5.74) is 0.966. The van der Waals surface area contributed by atoms with E-state index in [1.807, 2.05) is 0 Å². The van der Waals surface area contributed by atoms with Gasteiger partial charge >= 0.3 is 0 Å². The van der Waals surface area contributed by atoms with E-state index in [1.54, 1.807) is 12.1 Å². The fourth-order valence-corrected chi connectivity index (χ4v) is 2.11. The van der Waals surface area contributed by atoms with E-state index >= 15 is 0 Å². The zero-order chi connectivity index (χ0) is 14.5. The average Bonchev–Trinajstić information content (AvgIpc) is 2.45. The number of benzene rings is 1. The summed E-state index contributed by atoms with van der Waals surface area (Å²) >= 11 is 6.04. The molecule has 0 saturated carbocycles. The maximum absolute atomic E-state index is 12.2. The largest absolute Gasteiger partial charge is 0.384 e. The lowest BCUT2D eigenvalue weighted by atomic mass is 10.1. The van der Waals surface area contributed by atoms with E-state index in [1.165, 1.54) is 11.0 Å². The van der Waals surface area contributed by atoms with Gasteiger partial charge in [0.1, 0.15) is 6.61 Å². The van der Waals surface area contributed by atoms with Gasteiger partial charge in [-0.15, -0.1) is 0 Å². The van der Waals surface area contributed by atoms with Crippen molar-refractivity contribution in [3.8, 4) is 11.8 Å². The van der Waals surface area contributed by atoms with Crippen molar-refractivity contribution in [2.45, 2.75) is 0 Å². The molecule has 2 amide bonds. The standard InChI is InChI=1S/C14H13ClN2O3/c15-12-8-11(4-3-10(12)2-1-7-18)14(20)17-6-5-16-13(19)9-17/h3-4,8,18H,5-7,9H2,(H,16,19). The Morgan fingerprint density at radius 1 is 1.50 bits per heavy atom. The molecular formula is C14H13ClN2O3. The van der Waals surface area contributed by atoms with Crippen LogP contribution in [0.5, 0.6) is 0 Å². The summed E-state index contributed by atoms with van der Waals surface area (Å²) in [6.45, 7) is 0.745. The number of carbonyl (C=O) groups is 2. The van der Waals surface area contributed by atoms with Gasteiger partial charge in [0, 0.05) is 24.2 Å².